The number of aromatic nitrogens is 1. The summed E-state index contributed by atoms with van der Waals surface area (Å²) >= 11 is 1.46. The van der Waals surface area contributed by atoms with Crippen LogP contribution < -0.4 is 21.7 Å². The third-order valence-corrected chi connectivity index (χ3v) is 6.90. The first-order valence-electron chi connectivity index (χ1n) is 12.6. The summed E-state index contributed by atoms with van der Waals surface area (Å²) in [5.41, 5.74) is 7.39. The van der Waals surface area contributed by atoms with Crippen molar-refractivity contribution in [1.82, 2.24) is 20.9 Å². The van der Waals surface area contributed by atoms with E-state index in [1.807, 2.05) is 30.5 Å². The van der Waals surface area contributed by atoms with Crippen molar-refractivity contribution >= 4 is 52.3 Å². The second kappa shape index (κ2) is 15.1. The Hall–Kier alpha value is -3.58. The van der Waals surface area contributed by atoms with E-state index in [2.05, 4.69) is 20.9 Å². The van der Waals surface area contributed by atoms with Crippen LogP contribution in [-0.2, 0) is 30.4 Å². The van der Waals surface area contributed by atoms with Crippen molar-refractivity contribution in [3.8, 4) is 0 Å². The predicted octanol–water partition coefficient (Wildman–Crippen LogP) is 0.851. The van der Waals surface area contributed by atoms with Crippen molar-refractivity contribution in [2.45, 2.75) is 63.7 Å². The van der Waals surface area contributed by atoms with Crippen LogP contribution in [0.15, 0.2) is 30.5 Å². The Balaban J connectivity index is 2.20. The molecular formula is C26H37N5O7S. The summed E-state index contributed by atoms with van der Waals surface area (Å²) in [6, 6.07) is 2.77. The van der Waals surface area contributed by atoms with Gasteiger partial charge in [0.15, 0.2) is 0 Å². The van der Waals surface area contributed by atoms with Crippen LogP contribution in [0.25, 0.3) is 10.9 Å². The molecule has 4 atom stereocenters. The molecule has 0 aliphatic rings. The fourth-order valence-electron chi connectivity index (χ4n) is 3.88. The van der Waals surface area contributed by atoms with E-state index < -0.39 is 60.2 Å². The van der Waals surface area contributed by atoms with E-state index in [0.717, 1.165) is 10.9 Å². The van der Waals surface area contributed by atoms with Gasteiger partial charge < -0.3 is 36.9 Å². The van der Waals surface area contributed by atoms with E-state index in [-0.39, 0.29) is 25.2 Å². The van der Waals surface area contributed by atoms with Crippen molar-refractivity contribution in [2.24, 2.45) is 11.7 Å². The summed E-state index contributed by atoms with van der Waals surface area (Å²) < 4.78 is 0. The summed E-state index contributed by atoms with van der Waals surface area (Å²) in [6.45, 7) is 3.53. The monoisotopic (exact) mass is 563 g/mol. The van der Waals surface area contributed by atoms with Gasteiger partial charge >= 0.3 is 11.9 Å². The second-order valence-corrected chi connectivity index (χ2v) is 10.6. The molecule has 0 saturated heterocycles. The Bertz CT molecular complexity index is 1170. The lowest BCUT2D eigenvalue weighted by atomic mass is 10.0. The van der Waals surface area contributed by atoms with Gasteiger partial charge in [0.05, 0.1) is 6.04 Å². The number of amides is 3. The number of fused-ring (bicyclic) bond motifs is 1. The fraction of sp³-hybridized carbons (Fsp3) is 0.500. The lowest BCUT2D eigenvalue weighted by Gasteiger charge is -2.25. The maximum absolute atomic E-state index is 13.2. The first-order chi connectivity index (χ1) is 18.4. The first kappa shape index (κ1) is 31.6. The van der Waals surface area contributed by atoms with Crippen LogP contribution >= 0.6 is 11.8 Å². The molecule has 0 bridgehead atoms. The van der Waals surface area contributed by atoms with Crippen molar-refractivity contribution < 1.29 is 34.2 Å². The Labute approximate surface area is 230 Å². The van der Waals surface area contributed by atoms with Crippen molar-refractivity contribution in [3.63, 3.8) is 0 Å². The lowest BCUT2D eigenvalue weighted by Crippen LogP contribution is -2.57. The minimum absolute atomic E-state index is 0.0375. The number of nitrogens with two attached hydrogens (primary N) is 1. The number of nitrogens with one attached hydrogen (secondary N) is 4. The van der Waals surface area contributed by atoms with Crippen LogP contribution in [0, 0.1) is 5.92 Å². The molecule has 214 valence electrons. The smallest absolute Gasteiger partial charge is 0.326 e. The van der Waals surface area contributed by atoms with Gasteiger partial charge in [-0.15, -0.1) is 0 Å². The van der Waals surface area contributed by atoms with Gasteiger partial charge in [-0.3, -0.25) is 19.2 Å². The average molecular weight is 564 g/mol. The summed E-state index contributed by atoms with van der Waals surface area (Å²) in [5.74, 6) is -4.19. The zero-order valence-electron chi connectivity index (χ0n) is 22.2. The molecular weight excluding hydrogens is 526 g/mol. The van der Waals surface area contributed by atoms with E-state index in [0.29, 0.717) is 11.3 Å². The number of H-pyrrole nitrogens is 1. The summed E-state index contributed by atoms with van der Waals surface area (Å²) in [7, 11) is 0. The van der Waals surface area contributed by atoms with Crippen molar-refractivity contribution in [3.05, 3.63) is 36.0 Å². The molecule has 0 fully saturated rings. The number of thioether (sulfide) groups is 1. The van der Waals surface area contributed by atoms with Crippen LogP contribution in [-0.4, -0.2) is 81.0 Å². The Morgan fingerprint density at radius 2 is 1.51 bits per heavy atom. The molecule has 2 aromatic rings. The number of aromatic amines is 1. The third kappa shape index (κ3) is 9.59. The number of carboxylic acids is 2. The molecule has 0 aliphatic heterocycles. The van der Waals surface area contributed by atoms with Crippen LogP contribution in [0.1, 0.15) is 38.7 Å². The molecule has 13 heteroatoms. The largest absolute Gasteiger partial charge is 0.481 e. The van der Waals surface area contributed by atoms with Gasteiger partial charge in [-0.05, 0) is 42.4 Å². The minimum Gasteiger partial charge on any atom is -0.481 e. The highest BCUT2D eigenvalue weighted by Crippen LogP contribution is 2.19. The van der Waals surface area contributed by atoms with Gasteiger partial charge in [-0.25, -0.2) is 4.79 Å². The molecule has 0 radical (unpaired) electrons. The fourth-order valence-corrected chi connectivity index (χ4v) is 4.35. The predicted molar refractivity (Wildman–Crippen MR) is 148 cm³/mol. The minimum atomic E-state index is -1.34. The van der Waals surface area contributed by atoms with Crippen molar-refractivity contribution in [2.75, 3.05) is 12.0 Å². The normalized spacial score (nSPS) is 14.3. The van der Waals surface area contributed by atoms with Crippen molar-refractivity contribution in [1.29, 1.82) is 0 Å². The molecule has 8 N–H and O–H groups in total. The van der Waals surface area contributed by atoms with Crippen LogP contribution in [0.5, 0.6) is 0 Å². The maximum Gasteiger partial charge on any atom is 0.326 e. The third-order valence-electron chi connectivity index (χ3n) is 6.26. The molecule has 0 aliphatic carbocycles. The van der Waals surface area contributed by atoms with Crippen LogP contribution in [0.4, 0.5) is 0 Å². The number of carboxylic acid groups (broad SMARTS) is 2. The van der Waals surface area contributed by atoms with E-state index in [9.17, 15) is 29.1 Å². The highest BCUT2D eigenvalue weighted by atomic mass is 32.2. The number of aliphatic carboxylic acids is 2. The molecule has 4 unspecified atom stereocenters. The Morgan fingerprint density at radius 3 is 2.10 bits per heavy atom. The molecule has 39 heavy (non-hydrogen) atoms. The standard InChI is InChI=1S/C26H37N5O7S/c1-14(2)22(27)25(36)30-19(10-11-39-3)24(35)29-18(8-9-21(32)33)23(34)31-20(26(37)38)12-15-13-28-17-7-5-4-6-16(15)17/h4-7,13-14,18-20,22,28H,8-12,27H2,1-3H3,(H,29,35)(H,30,36)(H,31,34)(H,32,33)(H,37,38). The van der Waals surface area contributed by atoms with Gasteiger partial charge in [0.2, 0.25) is 17.7 Å². The molecule has 2 rings (SSSR count). The van der Waals surface area contributed by atoms with E-state index in [4.69, 9.17) is 10.8 Å². The van der Waals surface area contributed by atoms with Crippen LogP contribution in [0.2, 0.25) is 0 Å². The molecule has 1 aromatic heterocycles. The van der Waals surface area contributed by atoms with Crippen LogP contribution in [0.3, 0.4) is 0 Å². The quantitative estimate of drug-likeness (QED) is 0.154. The van der Waals surface area contributed by atoms with Gasteiger partial charge in [0.25, 0.3) is 0 Å². The van der Waals surface area contributed by atoms with E-state index >= 15 is 0 Å². The Morgan fingerprint density at radius 1 is 0.923 bits per heavy atom. The summed E-state index contributed by atoms with van der Waals surface area (Å²) in [4.78, 5) is 65.1. The zero-order chi connectivity index (χ0) is 29.1. The second-order valence-electron chi connectivity index (χ2n) is 9.57. The molecule has 1 heterocycles. The molecule has 12 nitrogen and oxygen atoms in total. The van der Waals surface area contributed by atoms with Gasteiger partial charge in [-0.1, -0.05) is 32.0 Å². The SMILES string of the molecule is CSCCC(NC(=O)C(N)C(C)C)C(=O)NC(CCC(=O)O)C(=O)NC(Cc1c[nH]c2ccccc12)C(=O)O. The molecule has 1 aromatic carbocycles. The number of rotatable bonds is 16. The highest BCUT2D eigenvalue weighted by molar-refractivity contribution is 7.98. The molecule has 0 saturated carbocycles. The number of carbonyl (C=O) groups excluding carboxylic acids is 3. The summed E-state index contributed by atoms with van der Waals surface area (Å²) in [6.07, 6.45) is 2.98. The van der Waals surface area contributed by atoms with E-state index in [1.54, 1.807) is 20.0 Å². The number of hydrogen-bond acceptors (Lipinski definition) is 7. The average Bonchev–Trinajstić information content (AvgIpc) is 3.30. The lowest BCUT2D eigenvalue weighted by molar-refractivity contribution is -0.143. The number of hydrogen-bond donors (Lipinski definition) is 7. The first-order valence-corrected chi connectivity index (χ1v) is 14.0. The maximum atomic E-state index is 13.2. The molecule has 0 spiro atoms. The summed E-state index contributed by atoms with van der Waals surface area (Å²) in [5, 5.41) is 27.3. The molecule has 3 amide bonds. The Kier molecular flexibility index (Phi) is 12.3. The topological polar surface area (TPSA) is 204 Å². The highest BCUT2D eigenvalue weighted by Gasteiger charge is 2.31. The zero-order valence-corrected chi connectivity index (χ0v) is 23.0. The number of benzene rings is 1. The number of para-hydroxylation sites is 1. The van der Waals surface area contributed by atoms with Gasteiger partial charge in [0.1, 0.15) is 18.1 Å². The number of carbonyl (C=O) groups is 5. The van der Waals surface area contributed by atoms with Gasteiger partial charge in [-0.2, -0.15) is 11.8 Å². The van der Waals surface area contributed by atoms with Gasteiger partial charge in [0, 0.05) is 29.9 Å². The van der Waals surface area contributed by atoms with E-state index in [1.165, 1.54) is 11.8 Å².